The molecule has 0 saturated carbocycles. The fraction of sp³-hybridized carbons (Fsp3) is 0.429. The van der Waals surface area contributed by atoms with E-state index in [2.05, 4.69) is 0 Å². The largest absolute Gasteiger partial charge is 0.443 e. The van der Waals surface area contributed by atoms with Gasteiger partial charge in [-0.25, -0.2) is 4.79 Å². The SMILES string of the molecule is CC(=O)Oc1cccc(N(C)C(=O)OC(C)(C)C)c1. The lowest BCUT2D eigenvalue weighted by atomic mass is 10.2. The van der Waals surface area contributed by atoms with Gasteiger partial charge in [-0.1, -0.05) is 6.07 Å². The average Bonchev–Trinajstić information content (AvgIpc) is 2.25. The molecule has 0 radical (unpaired) electrons. The van der Waals surface area contributed by atoms with Crippen molar-refractivity contribution in [3.63, 3.8) is 0 Å². The van der Waals surface area contributed by atoms with Crippen LogP contribution in [0, 0.1) is 0 Å². The Morgan fingerprint density at radius 2 is 1.84 bits per heavy atom. The Kier molecular flexibility index (Phi) is 4.53. The molecule has 19 heavy (non-hydrogen) atoms. The molecule has 1 aromatic rings. The quantitative estimate of drug-likeness (QED) is 0.609. The zero-order chi connectivity index (χ0) is 14.6. The minimum absolute atomic E-state index is 0.389. The normalized spacial score (nSPS) is 10.8. The maximum absolute atomic E-state index is 11.9. The lowest BCUT2D eigenvalue weighted by molar-refractivity contribution is -0.131. The standard InChI is InChI=1S/C14H19NO4/c1-10(16)18-12-8-6-7-11(9-12)15(5)13(17)19-14(2,3)4/h6-9H,1-5H3. The topological polar surface area (TPSA) is 55.8 Å². The molecule has 5 heteroatoms. The van der Waals surface area contributed by atoms with Crippen LogP contribution < -0.4 is 9.64 Å². The number of nitrogens with zero attached hydrogens (tertiary/aromatic N) is 1. The molecule has 5 nitrogen and oxygen atoms in total. The molecule has 0 heterocycles. The molecule has 0 spiro atoms. The van der Waals surface area contributed by atoms with Gasteiger partial charge in [0.25, 0.3) is 0 Å². The minimum atomic E-state index is -0.557. The third-order valence-electron chi connectivity index (χ3n) is 2.13. The van der Waals surface area contributed by atoms with E-state index in [9.17, 15) is 9.59 Å². The van der Waals surface area contributed by atoms with Crippen LogP contribution in [0.25, 0.3) is 0 Å². The zero-order valence-corrected chi connectivity index (χ0v) is 11.9. The van der Waals surface area contributed by atoms with Crippen LogP contribution in [0.4, 0.5) is 10.5 Å². The number of amides is 1. The van der Waals surface area contributed by atoms with Crippen LogP contribution in [0.3, 0.4) is 0 Å². The van der Waals surface area contributed by atoms with Gasteiger partial charge >= 0.3 is 12.1 Å². The first-order valence-electron chi connectivity index (χ1n) is 5.94. The van der Waals surface area contributed by atoms with Gasteiger partial charge in [-0.15, -0.1) is 0 Å². The van der Waals surface area contributed by atoms with E-state index in [0.717, 1.165) is 0 Å². The molecule has 0 atom stereocenters. The van der Waals surface area contributed by atoms with Gasteiger partial charge < -0.3 is 9.47 Å². The Labute approximate surface area is 113 Å². The summed E-state index contributed by atoms with van der Waals surface area (Å²) in [4.78, 5) is 24.1. The van der Waals surface area contributed by atoms with E-state index in [1.807, 2.05) is 0 Å². The third kappa shape index (κ3) is 4.99. The van der Waals surface area contributed by atoms with Crippen LogP contribution in [0.1, 0.15) is 27.7 Å². The summed E-state index contributed by atoms with van der Waals surface area (Å²) in [6.07, 6.45) is -0.465. The van der Waals surface area contributed by atoms with Crippen molar-refractivity contribution in [1.29, 1.82) is 0 Å². The van der Waals surface area contributed by atoms with Crippen LogP contribution in [0.15, 0.2) is 24.3 Å². The summed E-state index contributed by atoms with van der Waals surface area (Å²) in [5.74, 6) is -0.0162. The molecule has 0 unspecified atom stereocenters. The molecule has 1 amide bonds. The highest BCUT2D eigenvalue weighted by molar-refractivity contribution is 5.87. The molecular formula is C14H19NO4. The second kappa shape index (κ2) is 5.73. The number of hydrogen-bond acceptors (Lipinski definition) is 4. The summed E-state index contributed by atoms with van der Waals surface area (Å²) < 4.78 is 10.2. The molecule has 1 rings (SSSR count). The summed E-state index contributed by atoms with van der Waals surface area (Å²) in [7, 11) is 1.60. The Hall–Kier alpha value is -2.04. The van der Waals surface area contributed by atoms with Crippen molar-refractivity contribution in [2.75, 3.05) is 11.9 Å². The van der Waals surface area contributed by atoms with Crippen LogP contribution in [-0.2, 0) is 9.53 Å². The van der Waals surface area contributed by atoms with E-state index in [4.69, 9.17) is 9.47 Å². The summed E-state index contributed by atoms with van der Waals surface area (Å²) in [6.45, 7) is 6.72. The molecule has 0 bridgehead atoms. The van der Waals surface area contributed by atoms with Crippen molar-refractivity contribution in [2.45, 2.75) is 33.3 Å². The number of anilines is 1. The predicted octanol–water partition coefficient (Wildman–Crippen LogP) is 2.98. The van der Waals surface area contributed by atoms with Gasteiger partial charge in [-0.2, -0.15) is 0 Å². The smallest absolute Gasteiger partial charge is 0.414 e. The van der Waals surface area contributed by atoms with Crippen molar-refractivity contribution in [3.05, 3.63) is 24.3 Å². The number of rotatable bonds is 2. The van der Waals surface area contributed by atoms with Gasteiger partial charge in [-0.3, -0.25) is 9.69 Å². The first kappa shape index (κ1) is 15.0. The van der Waals surface area contributed by atoms with E-state index in [1.54, 1.807) is 52.1 Å². The summed E-state index contributed by atoms with van der Waals surface area (Å²) in [5.41, 5.74) is 0.0340. The van der Waals surface area contributed by atoms with E-state index < -0.39 is 17.7 Å². The fourth-order valence-corrected chi connectivity index (χ4v) is 1.36. The van der Waals surface area contributed by atoms with Crippen molar-refractivity contribution in [2.24, 2.45) is 0 Å². The molecule has 0 saturated heterocycles. The van der Waals surface area contributed by atoms with Crippen molar-refractivity contribution >= 4 is 17.7 Å². The number of benzene rings is 1. The average molecular weight is 265 g/mol. The van der Waals surface area contributed by atoms with Crippen LogP contribution in [0.5, 0.6) is 5.75 Å². The van der Waals surface area contributed by atoms with Crippen molar-refractivity contribution in [3.8, 4) is 5.75 Å². The zero-order valence-electron chi connectivity index (χ0n) is 11.9. The fourth-order valence-electron chi connectivity index (χ4n) is 1.36. The van der Waals surface area contributed by atoms with Gasteiger partial charge in [0, 0.05) is 20.0 Å². The Balaban J connectivity index is 2.84. The van der Waals surface area contributed by atoms with Gasteiger partial charge in [0.05, 0.1) is 5.69 Å². The molecule has 0 aliphatic heterocycles. The lowest BCUT2D eigenvalue weighted by Gasteiger charge is -2.24. The van der Waals surface area contributed by atoms with Crippen molar-refractivity contribution < 1.29 is 19.1 Å². The summed E-state index contributed by atoms with van der Waals surface area (Å²) in [6, 6.07) is 6.69. The maximum Gasteiger partial charge on any atom is 0.414 e. The minimum Gasteiger partial charge on any atom is -0.443 e. The molecule has 0 aliphatic rings. The lowest BCUT2D eigenvalue weighted by Crippen LogP contribution is -2.34. The number of carbonyl (C=O) groups is 2. The Morgan fingerprint density at radius 1 is 1.21 bits per heavy atom. The van der Waals surface area contributed by atoms with E-state index in [0.29, 0.717) is 11.4 Å². The number of carbonyl (C=O) groups excluding carboxylic acids is 2. The molecule has 104 valence electrons. The molecule has 0 aliphatic carbocycles. The summed E-state index contributed by atoms with van der Waals surface area (Å²) >= 11 is 0. The molecule has 0 aromatic heterocycles. The highest BCUT2D eigenvalue weighted by atomic mass is 16.6. The first-order valence-corrected chi connectivity index (χ1v) is 5.94. The molecular weight excluding hydrogens is 246 g/mol. The third-order valence-corrected chi connectivity index (χ3v) is 2.13. The van der Waals surface area contributed by atoms with E-state index in [-0.39, 0.29) is 0 Å². The summed E-state index contributed by atoms with van der Waals surface area (Å²) in [5, 5.41) is 0. The van der Waals surface area contributed by atoms with Gasteiger partial charge in [-0.05, 0) is 32.9 Å². The number of ether oxygens (including phenoxy) is 2. The molecule has 1 aromatic carbocycles. The Morgan fingerprint density at radius 3 is 2.37 bits per heavy atom. The van der Waals surface area contributed by atoms with Gasteiger partial charge in [0.2, 0.25) is 0 Å². The van der Waals surface area contributed by atoms with Crippen molar-refractivity contribution in [1.82, 2.24) is 0 Å². The second-order valence-corrected chi connectivity index (χ2v) is 5.13. The monoisotopic (exact) mass is 265 g/mol. The van der Waals surface area contributed by atoms with E-state index >= 15 is 0 Å². The Bertz CT molecular complexity index is 477. The second-order valence-electron chi connectivity index (χ2n) is 5.13. The van der Waals surface area contributed by atoms with Crippen LogP contribution in [0.2, 0.25) is 0 Å². The van der Waals surface area contributed by atoms with Crippen LogP contribution in [-0.4, -0.2) is 24.7 Å². The van der Waals surface area contributed by atoms with Crippen LogP contribution >= 0.6 is 0 Å². The van der Waals surface area contributed by atoms with E-state index in [1.165, 1.54) is 11.8 Å². The number of hydrogen-bond donors (Lipinski definition) is 0. The highest BCUT2D eigenvalue weighted by Gasteiger charge is 2.20. The highest BCUT2D eigenvalue weighted by Crippen LogP contribution is 2.22. The molecule has 0 fully saturated rings. The van der Waals surface area contributed by atoms with Gasteiger partial charge in [0.15, 0.2) is 0 Å². The van der Waals surface area contributed by atoms with Gasteiger partial charge in [0.1, 0.15) is 11.4 Å². The number of esters is 1. The maximum atomic E-state index is 11.9. The molecule has 0 N–H and O–H groups in total. The first-order chi connectivity index (χ1) is 8.69. The predicted molar refractivity (Wildman–Crippen MR) is 72.4 cm³/mol.